The Hall–Kier alpha value is -3.84. The van der Waals surface area contributed by atoms with Gasteiger partial charge in [0.25, 0.3) is 0 Å². The molecule has 1 N–H and O–H groups in total. The Kier molecular flexibility index (Phi) is 4.41. The predicted octanol–water partition coefficient (Wildman–Crippen LogP) is 2.15. The van der Waals surface area contributed by atoms with Crippen LogP contribution in [0, 0.1) is 18.3 Å². The molecule has 0 atom stereocenters. The number of fused-ring (bicyclic) bond motifs is 2. The van der Waals surface area contributed by atoms with E-state index in [0.29, 0.717) is 43.2 Å². The molecule has 1 saturated heterocycles. The molecule has 10 nitrogen and oxygen atoms in total. The van der Waals surface area contributed by atoms with Crippen LogP contribution < -0.4 is 11.0 Å². The molecular weight excluding hydrogens is 396 g/mol. The van der Waals surface area contributed by atoms with E-state index >= 15 is 0 Å². The third-order valence-electron chi connectivity index (χ3n) is 5.82. The lowest BCUT2D eigenvalue weighted by Crippen LogP contribution is -2.44. The molecule has 4 aromatic rings. The molecule has 0 aliphatic carbocycles. The molecule has 1 aliphatic rings. The lowest BCUT2D eigenvalue weighted by atomic mass is 9.91. The van der Waals surface area contributed by atoms with Gasteiger partial charge in [-0.05, 0) is 24.6 Å². The molecule has 4 heterocycles. The van der Waals surface area contributed by atoms with Crippen molar-refractivity contribution in [1.29, 1.82) is 5.26 Å². The molecule has 0 saturated carbocycles. The van der Waals surface area contributed by atoms with Gasteiger partial charge < -0.3 is 10.1 Å². The van der Waals surface area contributed by atoms with E-state index in [9.17, 15) is 10.1 Å². The molecule has 0 spiro atoms. The van der Waals surface area contributed by atoms with E-state index < -0.39 is 5.54 Å². The van der Waals surface area contributed by atoms with Crippen LogP contribution in [0.15, 0.2) is 35.5 Å². The van der Waals surface area contributed by atoms with Crippen molar-refractivity contribution in [2.75, 3.05) is 18.5 Å². The summed E-state index contributed by atoms with van der Waals surface area (Å²) in [6.45, 7) is 2.80. The summed E-state index contributed by atoms with van der Waals surface area (Å²) in [5.74, 6) is 0.332. The molecule has 0 bridgehead atoms. The molecule has 3 aromatic heterocycles. The van der Waals surface area contributed by atoms with Crippen molar-refractivity contribution >= 4 is 33.8 Å². The first-order valence-corrected chi connectivity index (χ1v) is 9.95. The topological polar surface area (TPSA) is 124 Å². The molecule has 1 aliphatic heterocycles. The highest BCUT2D eigenvalue weighted by Crippen LogP contribution is 2.31. The summed E-state index contributed by atoms with van der Waals surface area (Å²) in [7, 11) is 1.66. The number of nitriles is 1. The number of aromatic nitrogens is 6. The van der Waals surface area contributed by atoms with Crippen LogP contribution in [0.25, 0.3) is 22.2 Å². The molecule has 31 heavy (non-hydrogen) atoms. The second kappa shape index (κ2) is 7.14. The molecule has 1 fully saturated rings. The SMILES string of the molecule is Cc1cc2nccnc2cc1Nc1ncc2c(n1)n(C1(C#N)CCOCC1)c(=O)n2C. The highest BCUT2D eigenvalue weighted by Gasteiger charge is 2.38. The number of ether oxygens (including phenoxy) is 1. The lowest BCUT2D eigenvalue weighted by Gasteiger charge is -2.31. The van der Waals surface area contributed by atoms with Gasteiger partial charge in [0.2, 0.25) is 5.95 Å². The summed E-state index contributed by atoms with van der Waals surface area (Å²) in [5, 5.41) is 13.2. The van der Waals surface area contributed by atoms with E-state index in [-0.39, 0.29) is 5.69 Å². The maximum atomic E-state index is 13.1. The summed E-state index contributed by atoms with van der Waals surface area (Å²) in [6, 6.07) is 6.18. The summed E-state index contributed by atoms with van der Waals surface area (Å²) in [4.78, 5) is 30.7. The number of aryl methyl sites for hydroxylation is 2. The molecule has 0 radical (unpaired) electrons. The molecule has 0 unspecified atom stereocenters. The van der Waals surface area contributed by atoms with Crippen molar-refractivity contribution in [3.8, 4) is 6.07 Å². The van der Waals surface area contributed by atoms with Gasteiger partial charge in [-0.25, -0.2) is 9.78 Å². The van der Waals surface area contributed by atoms with E-state index in [1.165, 1.54) is 9.13 Å². The van der Waals surface area contributed by atoms with Crippen LogP contribution in [-0.4, -0.2) is 42.3 Å². The predicted molar refractivity (Wildman–Crippen MR) is 114 cm³/mol. The molecule has 5 rings (SSSR count). The summed E-state index contributed by atoms with van der Waals surface area (Å²) >= 11 is 0. The van der Waals surface area contributed by atoms with Gasteiger partial charge in [-0.3, -0.25) is 19.1 Å². The molecular formula is C21H20N8O2. The minimum Gasteiger partial charge on any atom is -0.381 e. The van der Waals surface area contributed by atoms with Crippen molar-refractivity contribution in [2.45, 2.75) is 25.3 Å². The van der Waals surface area contributed by atoms with Crippen LogP contribution in [0.4, 0.5) is 11.6 Å². The Bertz CT molecular complexity index is 1410. The fraction of sp³-hybridized carbons (Fsp3) is 0.333. The summed E-state index contributed by atoms with van der Waals surface area (Å²) < 4.78 is 8.40. The minimum absolute atomic E-state index is 0.290. The third-order valence-corrected chi connectivity index (χ3v) is 5.82. The van der Waals surface area contributed by atoms with Crippen molar-refractivity contribution < 1.29 is 4.74 Å². The quantitative estimate of drug-likeness (QED) is 0.539. The van der Waals surface area contributed by atoms with Gasteiger partial charge >= 0.3 is 5.69 Å². The van der Waals surface area contributed by atoms with Gasteiger partial charge in [-0.2, -0.15) is 10.2 Å². The van der Waals surface area contributed by atoms with Gasteiger partial charge in [0.1, 0.15) is 11.1 Å². The Morgan fingerprint density at radius 2 is 1.87 bits per heavy atom. The van der Waals surface area contributed by atoms with Gasteiger partial charge in [0.15, 0.2) is 5.65 Å². The van der Waals surface area contributed by atoms with Gasteiger partial charge in [0, 0.05) is 51.2 Å². The molecule has 10 heteroatoms. The minimum atomic E-state index is -0.991. The fourth-order valence-electron chi connectivity index (χ4n) is 4.02. The van der Waals surface area contributed by atoms with E-state index in [2.05, 4.69) is 31.3 Å². The zero-order chi connectivity index (χ0) is 21.6. The largest absolute Gasteiger partial charge is 0.381 e. The van der Waals surface area contributed by atoms with Crippen LogP contribution in [0.2, 0.25) is 0 Å². The zero-order valence-electron chi connectivity index (χ0n) is 17.2. The first-order chi connectivity index (χ1) is 15.0. The number of nitrogens with one attached hydrogen (secondary N) is 1. The average molecular weight is 416 g/mol. The number of anilines is 2. The van der Waals surface area contributed by atoms with E-state index in [1.54, 1.807) is 25.6 Å². The lowest BCUT2D eigenvalue weighted by molar-refractivity contribution is 0.0448. The Labute approximate surface area is 177 Å². The van der Waals surface area contributed by atoms with Gasteiger partial charge in [-0.15, -0.1) is 0 Å². The molecule has 0 amide bonds. The Balaban J connectivity index is 1.63. The third kappa shape index (κ3) is 3.02. The van der Waals surface area contributed by atoms with Crippen LogP contribution >= 0.6 is 0 Å². The highest BCUT2D eigenvalue weighted by molar-refractivity contribution is 5.82. The highest BCUT2D eigenvalue weighted by atomic mass is 16.5. The van der Waals surface area contributed by atoms with Crippen LogP contribution in [-0.2, 0) is 17.3 Å². The smallest absolute Gasteiger partial charge is 0.331 e. The Morgan fingerprint density at radius 1 is 1.16 bits per heavy atom. The van der Waals surface area contributed by atoms with Crippen LogP contribution in [0.3, 0.4) is 0 Å². The summed E-state index contributed by atoms with van der Waals surface area (Å²) in [5.41, 5.74) is 3.01. The zero-order valence-corrected chi connectivity index (χ0v) is 17.2. The van der Waals surface area contributed by atoms with Crippen molar-refractivity contribution in [2.24, 2.45) is 7.05 Å². The number of hydrogen-bond acceptors (Lipinski definition) is 8. The fourth-order valence-corrected chi connectivity index (χ4v) is 4.02. The van der Waals surface area contributed by atoms with E-state index in [4.69, 9.17) is 4.74 Å². The van der Waals surface area contributed by atoms with E-state index in [1.807, 2.05) is 19.1 Å². The standard InChI is InChI=1S/C21H20N8O2/c1-13-9-15-16(24-6-5-23-15)10-14(13)26-19-25-11-17-18(27-19)29(20(30)28(17)2)21(12-22)3-7-31-8-4-21/h5-6,9-11H,3-4,7-8H2,1-2H3,(H,25,26,27). The maximum absolute atomic E-state index is 13.1. The first-order valence-electron chi connectivity index (χ1n) is 9.95. The average Bonchev–Trinajstić information content (AvgIpc) is 3.04. The van der Waals surface area contributed by atoms with Crippen LogP contribution in [0.1, 0.15) is 18.4 Å². The number of rotatable bonds is 3. The van der Waals surface area contributed by atoms with Crippen LogP contribution in [0.5, 0.6) is 0 Å². The monoisotopic (exact) mass is 416 g/mol. The van der Waals surface area contributed by atoms with Gasteiger partial charge in [0.05, 0.1) is 23.3 Å². The normalized spacial score (nSPS) is 15.8. The number of imidazole rings is 1. The summed E-state index contributed by atoms with van der Waals surface area (Å²) in [6.07, 6.45) is 5.75. The second-order valence-corrected chi connectivity index (χ2v) is 7.67. The number of benzene rings is 1. The maximum Gasteiger partial charge on any atom is 0.331 e. The number of hydrogen-bond donors (Lipinski definition) is 1. The second-order valence-electron chi connectivity index (χ2n) is 7.67. The van der Waals surface area contributed by atoms with Crippen molar-refractivity contribution in [1.82, 2.24) is 29.1 Å². The molecule has 156 valence electrons. The first kappa shape index (κ1) is 19.1. The van der Waals surface area contributed by atoms with Crippen molar-refractivity contribution in [3.63, 3.8) is 0 Å². The van der Waals surface area contributed by atoms with E-state index in [0.717, 1.165) is 22.3 Å². The number of nitrogens with zero attached hydrogens (tertiary/aromatic N) is 7. The van der Waals surface area contributed by atoms with Crippen molar-refractivity contribution in [3.05, 3.63) is 46.8 Å². The van der Waals surface area contributed by atoms with Gasteiger partial charge in [-0.1, -0.05) is 0 Å². The Morgan fingerprint density at radius 3 is 2.58 bits per heavy atom. The molecule has 1 aromatic carbocycles.